The molecule has 2 aliphatic carbocycles. The van der Waals surface area contributed by atoms with Gasteiger partial charge in [-0.15, -0.1) is 5.10 Å². The van der Waals surface area contributed by atoms with E-state index in [-0.39, 0.29) is 5.54 Å². The third kappa shape index (κ3) is 2.77. The maximum atomic E-state index is 5.58. The molecule has 0 amide bonds. The molecule has 0 radical (unpaired) electrons. The highest BCUT2D eigenvalue weighted by atomic mass is 16.4. The average molecular weight is 236 g/mol. The summed E-state index contributed by atoms with van der Waals surface area (Å²) in [6, 6.07) is 1.22. The SMILES string of the molecule is CC(C)(Nc1nnc(CNC2CC2)o1)C1CC1. The quantitative estimate of drug-likeness (QED) is 0.790. The van der Waals surface area contributed by atoms with Crippen molar-refractivity contribution >= 4 is 6.01 Å². The Morgan fingerprint density at radius 2 is 2.00 bits per heavy atom. The van der Waals surface area contributed by atoms with Gasteiger partial charge in [0.05, 0.1) is 6.54 Å². The van der Waals surface area contributed by atoms with Crippen molar-refractivity contribution in [2.75, 3.05) is 5.32 Å². The van der Waals surface area contributed by atoms with Crippen LogP contribution in [0.15, 0.2) is 4.42 Å². The number of aromatic nitrogens is 2. The van der Waals surface area contributed by atoms with E-state index in [1.54, 1.807) is 0 Å². The van der Waals surface area contributed by atoms with E-state index < -0.39 is 0 Å². The Bertz CT molecular complexity index is 393. The maximum Gasteiger partial charge on any atom is 0.315 e. The minimum atomic E-state index is 0.0632. The maximum absolute atomic E-state index is 5.58. The number of nitrogens with one attached hydrogen (secondary N) is 2. The smallest absolute Gasteiger partial charge is 0.315 e. The second kappa shape index (κ2) is 3.98. The first-order valence-electron chi connectivity index (χ1n) is 6.47. The highest BCUT2D eigenvalue weighted by Crippen LogP contribution is 2.40. The van der Waals surface area contributed by atoms with Gasteiger partial charge in [-0.3, -0.25) is 0 Å². The Hall–Kier alpha value is -1.10. The van der Waals surface area contributed by atoms with Gasteiger partial charge in [0, 0.05) is 11.6 Å². The molecule has 0 spiro atoms. The number of anilines is 1. The molecule has 0 unspecified atom stereocenters. The van der Waals surface area contributed by atoms with Crippen molar-refractivity contribution in [2.45, 2.75) is 57.7 Å². The molecule has 5 nitrogen and oxygen atoms in total. The number of hydrogen-bond donors (Lipinski definition) is 2. The van der Waals surface area contributed by atoms with Gasteiger partial charge < -0.3 is 15.1 Å². The van der Waals surface area contributed by atoms with E-state index in [1.807, 2.05) is 0 Å². The topological polar surface area (TPSA) is 63.0 Å². The van der Waals surface area contributed by atoms with Crippen LogP contribution >= 0.6 is 0 Å². The molecule has 0 saturated heterocycles. The summed E-state index contributed by atoms with van der Waals surface area (Å²) >= 11 is 0. The lowest BCUT2D eigenvalue weighted by atomic mass is 9.99. The number of hydrogen-bond acceptors (Lipinski definition) is 5. The molecule has 1 heterocycles. The van der Waals surface area contributed by atoms with Gasteiger partial charge in [0.2, 0.25) is 5.89 Å². The molecular weight excluding hydrogens is 216 g/mol. The summed E-state index contributed by atoms with van der Waals surface area (Å²) in [5.74, 6) is 1.41. The molecule has 2 aliphatic rings. The minimum Gasteiger partial charge on any atom is -0.407 e. The first-order chi connectivity index (χ1) is 8.13. The van der Waals surface area contributed by atoms with Crippen molar-refractivity contribution in [3.8, 4) is 0 Å². The Labute approximate surface area is 101 Å². The van der Waals surface area contributed by atoms with E-state index in [1.165, 1.54) is 25.7 Å². The second-order valence-electron chi connectivity index (χ2n) is 5.78. The van der Waals surface area contributed by atoms with Crippen LogP contribution in [-0.2, 0) is 6.54 Å². The lowest BCUT2D eigenvalue weighted by Gasteiger charge is -2.24. The first-order valence-corrected chi connectivity index (χ1v) is 6.47. The van der Waals surface area contributed by atoms with Gasteiger partial charge in [0.15, 0.2) is 0 Å². The molecule has 3 rings (SSSR count). The molecule has 2 fully saturated rings. The normalized spacial score (nSPS) is 20.6. The summed E-state index contributed by atoms with van der Waals surface area (Å²) in [7, 11) is 0. The van der Waals surface area contributed by atoms with Crippen LogP contribution in [0.2, 0.25) is 0 Å². The van der Waals surface area contributed by atoms with Crippen molar-refractivity contribution in [3.05, 3.63) is 5.89 Å². The average Bonchev–Trinajstić information content (AvgIpc) is 3.14. The molecule has 2 N–H and O–H groups in total. The molecule has 1 aromatic rings. The van der Waals surface area contributed by atoms with Crippen molar-refractivity contribution in [3.63, 3.8) is 0 Å². The van der Waals surface area contributed by atoms with Crippen LogP contribution in [0.3, 0.4) is 0 Å². The van der Waals surface area contributed by atoms with Gasteiger partial charge in [-0.05, 0) is 45.4 Å². The third-order valence-electron chi connectivity index (χ3n) is 3.61. The zero-order chi connectivity index (χ0) is 11.9. The van der Waals surface area contributed by atoms with Crippen molar-refractivity contribution in [1.29, 1.82) is 0 Å². The lowest BCUT2D eigenvalue weighted by Crippen LogP contribution is -2.33. The zero-order valence-electron chi connectivity index (χ0n) is 10.5. The molecule has 2 saturated carbocycles. The van der Waals surface area contributed by atoms with Crippen LogP contribution < -0.4 is 10.6 Å². The van der Waals surface area contributed by atoms with Gasteiger partial charge in [-0.1, -0.05) is 5.10 Å². The monoisotopic (exact) mass is 236 g/mol. The Morgan fingerprint density at radius 1 is 1.24 bits per heavy atom. The minimum absolute atomic E-state index is 0.0632. The van der Waals surface area contributed by atoms with Crippen LogP contribution in [0.25, 0.3) is 0 Å². The van der Waals surface area contributed by atoms with Crippen LogP contribution in [-0.4, -0.2) is 21.8 Å². The Morgan fingerprint density at radius 3 is 2.65 bits per heavy atom. The largest absolute Gasteiger partial charge is 0.407 e. The Balaban J connectivity index is 1.55. The molecule has 0 atom stereocenters. The Kier molecular flexibility index (Phi) is 2.58. The highest BCUT2D eigenvalue weighted by Gasteiger charge is 2.38. The summed E-state index contributed by atoms with van der Waals surface area (Å²) < 4.78 is 5.58. The first kappa shape index (κ1) is 11.0. The molecule has 0 aliphatic heterocycles. The van der Waals surface area contributed by atoms with Crippen LogP contribution in [0.5, 0.6) is 0 Å². The van der Waals surface area contributed by atoms with Gasteiger partial charge in [-0.2, -0.15) is 0 Å². The van der Waals surface area contributed by atoms with Gasteiger partial charge >= 0.3 is 6.01 Å². The van der Waals surface area contributed by atoms with Crippen LogP contribution in [0.4, 0.5) is 6.01 Å². The summed E-state index contributed by atoms with van der Waals surface area (Å²) in [5.41, 5.74) is 0.0632. The molecule has 5 heteroatoms. The number of nitrogens with zero attached hydrogens (tertiary/aromatic N) is 2. The van der Waals surface area contributed by atoms with Crippen LogP contribution in [0.1, 0.15) is 45.4 Å². The van der Waals surface area contributed by atoms with E-state index in [4.69, 9.17) is 4.42 Å². The van der Waals surface area contributed by atoms with E-state index >= 15 is 0 Å². The highest BCUT2D eigenvalue weighted by molar-refractivity contribution is 5.25. The molecule has 94 valence electrons. The van der Waals surface area contributed by atoms with E-state index in [9.17, 15) is 0 Å². The lowest BCUT2D eigenvalue weighted by molar-refractivity contribution is 0.437. The summed E-state index contributed by atoms with van der Waals surface area (Å²) in [6.07, 6.45) is 5.14. The van der Waals surface area contributed by atoms with Gasteiger partial charge in [-0.25, -0.2) is 0 Å². The van der Waals surface area contributed by atoms with Crippen LogP contribution in [0, 0.1) is 5.92 Å². The molecule has 17 heavy (non-hydrogen) atoms. The standard InChI is InChI=1S/C12H20N4O/c1-12(2,8-3-4-8)14-11-16-15-10(17-11)7-13-9-5-6-9/h8-9,13H,3-7H2,1-2H3,(H,14,16). The molecule has 1 aromatic heterocycles. The van der Waals surface area contributed by atoms with E-state index in [2.05, 4.69) is 34.7 Å². The third-order valence-corrected chi connectivity index (χ3v) is 3.61. The van der Waals surface area contributed by atoms with Gasteiger partial charge in [0.1, 0.15) is 0 Å². The fourth-order valence-corrected chi connectivity index (χ4v) is 2.08. The van der Waals surface area contributed by atoms with E-state index in [0.717, 1.165) is 5.92 Å². The van der Waals surface area contributed by atoms with Crippen molar-refractivity contribution in [1.82, 2.24) is 15.5 Å². The molecular formula is C12H20N4O. The molecule has 0 bridgehead atoms. The fraction of sp³-hybridized carbons (Fsp3) is 0.833. The van der Waals surface area contributed by atoms with Gasteiger partial charge in [0.25, 0.3) is 0 Å². The summed E-state index contributed by atoms with van der Waals surface area (Å²) in [6.45, 7) is 5.07. The second-order valence-corrected chi connectivity index (χ2v) is 5.78. The summed E-state index contributed by atoms with van der Waals surface area (Å²) in [5, 5.41) is 14.8. The molecule has 0 aromatic carbocycles. The predicted octanol–water partition coefficient (Wildman–Crippen LogP) is 1.92. The zero-order valence-corrected chi connectivity index (χ0v) is 10.5. The number of rotatable bonds is 6. The fourth-order valence-electron chi connectivity index (χ4n) is 2.08. The van der Waals surface area contributed by atoms with Crippen molar-refractivity contribution in [2.24, 2.45) is 5.92 Å². The predicted molar refractivity (Wildman–Crippen MR) is 64.6 cm³/mol. The van der Waals surface area contributed by atoms with Crippen molar-refractivity contribution < 1.29 is 4.42 Å². The summed E-state index contributed by atoms with van der Waals surface area (Å²) in [4.78, 5) is 0. The van der Waals surface area contributed by atoms with E-state index in [0.29, 0.717) is 24.5 Å².